The quantitative estimate of drug-likeness (QED) is 0.448. The summed E-state index contributed by atoms with van der Waals surface area (Å²) >= 11 is 0. The Morgan fingerprint density at radius 3 is 2.94 bits per heavy atom. The van der Waals surface area contributed by atoms with Crippen LogP contribution in [0, 0.1) is 5.82 Å². The van der Waals surface area contributed by atoms with E-state index in [-0.39, 0.29) is 5.82 Å². The fourth-order valence-electron chi connectivity index (χ4n) is 2.54. The third-order valence-electron chi connectivity index (χ3n) is 3.31. The van der Waals surface area contributed by atoms with Crippen LogP contribution in [0.3, 0.4) is 0 Å². The predicted molar refractivity (Wildman–Crippen MR) is 63.4 cm³/mol. The van der Waals surface area contributed by atoms with Gasteiger partial charge in [-0.05, 0) is 17.7 Å². The summed E-state index contributed by atoms with van der Waals surface area (Å²) in [6, 6.07) is 11.4. The van der Waals surface area contributed by atoms with E-state index in [1.165, 1.54) is 23.4 Å². The third-order valence-corrected chi connectivity index (χ3v) is 3.31. The molecule has 2 nitrogen and oxygen atoms in total. The molecule has 3 heteroatoms. The van der Waals surface area contributed by atoms with E-state index in [0.29, 0.717) is 0 Å². The Morgan fingerprint density at radius 2 is 2.00 bits per heavy atom. The van der Waals surface area contributed by atoms with Crippen LogP contribution >= 0.6 is 0 Å². The fourth-order valence-corrected chi connectivity index (χ4v) is 2.54. The third kappa shape index (κ3) is 1.11. The summed E-state index contributed by atoms with van der Waals surface area (Å²) in [6.07, 6.45) is 2.34. The molecule has 0 aliphatic heterocycles. The fraction of sp³-hybridized carbons (Fsp3) is 0.0714. The maximum atomic E-state index is 13.3. The Morgan fingerprint density at radius 1 is 1.12 bits per heavy atom. The van der Waals surface area contributed by atoms with E-state index in [4.69, 9.17) is 0 Å². The Balaban J connectivity index is 2.09. The second-order valence-corrected chi connectivity index (χ2v) is 4.32. The summed E-state index contributed by atoms with van der Waals surface area (Å²) in [6.45, 7) is 0. The average molecular weight is 224 g/mol. The minimum Gasteiger partial charge on any atom is -0.300 e. The highest BCUT2D eigenvalue weighted by molar-refractivity contribution is 5.75. The van der Waals surface area contributed by atoms with Gasteiger partial charge in [-0.1, -0.05) is 24.3 Å². The van der Waals surface area contributed by atoms with Gasteiger partial charge in [-0.15, -0.1) is 0 Å². The van der Waals surface area contributed by atoms with Crippen molar-refractivity contribution in [1.29, 1.82) is 0 Å². The Kier molecular flexibility index (Phi) is 1.55. The number of rotatable bonds is 0. The SMILES string of the molecule is Fc1ccc2nc3c(n2c1)Cc1ccccc1-3. The lowest BCUT2D eigenvalue weighted by Gasteiger charge is -1.99. The molecule has 82 valence electrons. The molecule has 0 saturated heterocycles. The first-order valence-corrected chi connectivity index (χ1v) is 5.58. The summed E-state index contributed by atoms with van der Waals surface area (Å²) in [5.74, 6) is -0.228. The van der Waals surface area contributed by atoms with Gasteiger partial charge in [-0.3, -0.25) is 0 Å². The normalized spacial score (nSPS) is 12.8. The van der Waals surface area contributed by atoms with Gasteiger partial charge in [0.25, 0.3) is 0 Å². The molecule has 0 unspecified atom stereocenters. The highest BCUT2D eigenvalue weighted by Gasteiger charge is 2.23. The summed E-state index contributed by atoms with van der Waals surface area (Å²) in [4.78, 5) is 4.57. The molecule has 2 heterocycles. The second-order valence-electron chi connectivity index (χ2n) is 4.32. The molecule has 3 aromatic rings. The van der Waals surface area contributed by atoms with Crippen molar-refractivity contribution in [2.24, 2.45) is 0 Å². The van der Waals surface area contributed by atoms with Crippen LogP contribution in [0.15, 0.2) is 42.6 Å². The van der Waals surface area contributed by atoms with Gasteiger partial charge >= 0.3 is 0 Å². The van der Waals surface area contributed by atoms with Crippen molar-refractivity contribution < 1.29 is 4.39 Å². The summed E-state index contributed by atoms with van der Waals surface area (Å²) in [7, 11) is 0. The number of imidazole rings is 1. The number of pyridine rings is 1. The number of aromatic nitrogens is 2. The van der Waals surface area contributed by atoms with Crippen molar-refractivity contribution in [2.45, 2.75) is 6.42 Å². The number of halogens is 1. The van der Waals surface area contributed by atoms with Crippen molar-refractivity contribution in [3.05, 3.63) is 59.7 Å². The highest BCUT2D eigenvalue weighted by atomic mass is 19.1. The molecule has 1 aliphatic carbocycles. The second kappa shape index (κ2) is 2.94. The number of hydrogen-bond acceptors (Lipinski definition) is 1. The van der Waals surface area contributed by atoms with E-state index >= 15 is 0 Å². The van der Waals surface area contributed by atoms with Crippen molar-refractivity contribution in [3.63, 3.8) is 0 Å². The molecule has 1 aromatic carbocycles. The highest BCUT2D eigenvalue weighted by Crippen LogP contribution is 2.36. The molecule has 0 amide bonds. The molecule has 0 spiro atoms. The standard InChI is InChI=1S/C14H9FN2/c15-10-5-6-13-16-14-11-4-2-1-3-9(11)7-12(14)17(13)8-10/h1-6,8H,7H2. The maximum absolute atomic E-state index is 13.3. The molecule has 0 atom stereocenters. The van der Waals surface area contributed by atoms with Crippen molar-refractivity contribution in [3.8, 4) is 11.3 Å². The molecule has 0 bridgehead atoms. The zero-order valence-corrected chi connectivity index (χ0v) is 9.02. The number of hydrogen-bond donors (Lipinski definition) is 0. The van der Waals surface area contributed by atoms with Gasteiger partial charge in [0.15, 0.2) is 0 Å². The lowest BCUT2D eigenvalue weighted by Crippen LogP contribution is -1.92. The van der Waals surface area contributed by atoms with E-state index in [9.17, 15) is 4.39 Å². The van der Waals surface area contributed by atoms with Crippen molar-refractivity contribution in [2.75, 3.05) is 0 Å². The zero-order valence-electron chi connectivity index (χ0n) is 9.02. The van der Waals surface area contributed by atoms with Crippen LogP contribution in [0.1, 0.15) is 11.3 Å². The van der Waals surface area contributed by atoms with Crippen LogP contribution in [-0.2, 0) is 6.42 Å². The number of benzene rings is 1. The van der Waals surface area contributed by atoms with Crippen LogP contribution in [-0.4, -0.2) is 9.38 Å². The monoisotopic (exact) mass is 224 g/mol. The van der Waals surface area contributed by atoms with Gasteiger partial charge < -0.3 is 4.40 Å². The summed E-state index contributed by atoms with van der Waals surface area (Å²) in [5, 5.41) is 0. The zero-order chi connectivity index (χ0) is 11.4. The smallest absolute Gasteiger partial charge is 0.139 e. The van der Waals surface area contributed by atoms with E-state index in [1.807, 2.05) is 16.5 Å². The van der Waals surface area contributed by atoms with Gasteiger partial charge in [-0.25, -0.2) is 9.37 Å². The van der Waals surface area contributed by atoms with Crippen LogP contribution in [0.4, 0.5) is 4.39 Å². The largest absolute Gasteiger partial charge is 0.300 e. The lowest BCUT2D eigenvalue weighted by atomic mass is 10.1. The lowest BCUT2D eigenvalue weighted by molar-refractivity contribution is 0.618. The molecule has 4 rings (SSSR count). The summed E-state index contributed by atoms with van der Waals surface area (Å²) < 4.78 is 15.1. The van der Waals surface area contributed by atoms with Gasteiger partial charge in [0, 0.05) is 18.2 Å². The minimum absolute atomic E-state index is 0.228. The summed E-state index contributed by atoms with van der Waals surface area (Å²) in [5.41, 5.74) is 5.33. The Labute approximate surface area is 97.4 Å². The molecular weight excluding hydrogens is 215 g/mol. The first-order chi connectivity index (χ1) is 8.33. The first-order valence-electron chi connectivity index (χ1n) is 5.58. The predicted octanol–water partition coefficient (Wildman–Crippen LogP) is 3.04. The molecule has 0 saturated carbocycles. The van der Waals surface area contributed by atoms with Gasteiger partial charge in [-0.2, -0.15) is 0 Å². The topological polar surface area (TPSA) is 17.3 Å². The molecule has 0 N–H and O–H groups in total. The molecule has 1 aliphatic rings. The van der Waals surface area contributed by atoms with Crippen LogP contribution in [0.5, 0.6) is 0 Å². The molecule has 17 heavy (non-hydrogen) atoms. The minimum atomic E-state index is -0.228. The van der Waals surface area contributed by atoms with Crippen molar-refractivity contribution >= 4 is 5.65 Å². The van der Waals surface area contributed by atoms with Gasteiger partial charge in [0.1, 0.15) is 11.5 Å². The Bertz CT molecular complexity index is 743. The molecule has 2 aromatic heterocycles. The molecular formula is C14H9FN2. The molecule has 0 radical (unpaired) electrons. The molecule has 0 fully saturated rings. The van der Waals surface area contributed by atoms with Gasteiger partial charge in [0.2, 0.25) is 0 Å². The Hall–Kier alpha value is -2.16. The van der Waals surface area contributed by atoms with Crippen LogP contribution in [0.25, 0.3) is 16.9 Å². The van der Waals surface area contributed by atoms with Crippen LogP contribution in [0.2, 0.25) is 0 Å². The van der Waals surface area contributed by atoms with Crippen molar-refractivity contribution in [1.82, 2.24) is 9.38 Å². The number of nitrogens with zero attached hydrogens (tertiary/aromatic N) is 2. The van der Waals surface area contributed by atoms with E-state index in [0.717, 1.165) is 23.5 Å². The van der Waals surface area contributed by atoms with Crippen LogP contribution < -0.4 is 0 Å². The van der Waals surface area contributed by atoms with E-state index in [1.54, 1.807) is 6.07 Å². The van der Waals surface area contributed by atoms with Gasteiger partial charge in [0.05, 0.1) is 11.4 Å². The van der Waals surface area contributed by atoms with E-state index in [2.05, 4.69) is 17.1 Å². The maximum Gasteiger partial charge on any atom is 0.139 e. The average Bonchev–Trinajstić information content (AvgIpc) is 2.85. The van der Waals surface area contributed by atoms with E-state index < -0.39 is 0 Å². The number of fused-ring (bicyclic) bond motifs is 5. The first kappa shape index (κ1) is 8.93.